The molecule has 4 rings (SSSR count). The molecular formula is C25H30N2O3S2. The molecule has 32 heavy (non-hydrogen) atoms. The van der Waals surface area contributed by atoms with Crippen molar-refractivity contribution < 1.29 is 13.5 Å². The molecule has 170 valence electrons. The first-order valence-corrected chi connectivity index (χ1v) is 13.2. The van der Waals surface area contributed by atoms with Crippen LogP contribution in [0.3, 0.4) is 0 Å². The lowest BCUT2D eigenvalue weighted by molar-refractivity contribution is 0.0786. The van der Waals surface area contributed by atoms with E-state index in [1.165, 1.54) is 22.5 Å². The van der Waals surface area contributed by atoms with Crippen LogP contribution in [0.25, 0.3) is 0 Å². The molecule has 0 radical (unpaired) electrons. The van der Waals surface area contributed by atoms with Crippen molar-refractivity contribution in [1.82, 2.24) is 4.31 Å². The lowest BCUT2D eigenvalue weighted by atomic mass is 9.97. The van der Waals surface area contributed by atoms with Gasteiger partial charge in [0.25, 0.3) is 10.0 Å². The molecule has 1 aliphatic rings. The Morgan fingerprint density at radius 1 is 1.03 bits per heavy atom. The Morgan fingerprint density at radius 3 is 2.31 bits per heavy atom. The number of aryl methyl sites for hydroxylation is 1. The number of piperazine rings is 1. The first kappa shape index (κ1) is 23.0. The van der Waals surface area contributed by atoms with E-state index in [4.69, 9.17) is 0 Å². The van der Waals surface area contributed by atoms with E-state index in [2.05, 4.69) is 36.1 Å². The van der Waals surface area contributed by atoms with Crippen LogP contribution in [0.5, 0.6) is 0 Å². The van der Waals surface area contributed by atoms with Crippen molar-refractivity contribution in [2.24, 2.45) is 0 Å². The van der Waals surface area contributed by atoms with E-state index in [0.29, 0.717) is 23.8 Å². The van der Waals surface area contributed by atoms with Gasteiger partial charge in [-0.3, -0.25) is 0 Å². The van der Waals surface area contributed by atoms with Crippen LogP contribution in [0.2, 0.25) is 0 Å². The standard InChI is InChI=1S/C25H30N2O3S2/c1-19-6-8-20(9-7-19)17-23-18-26(32(29,30)24-5-4-16-31-24)14-15-27(23)22-12-10-21(11-13-22)25(2,3)28/h4-13,16,23,28H,14-15,17-18H2,1-3H3/t23-/m1/s1. The highest BCUT2D eigenvalue weighted by molar-refractivity contribution is 7.91. The Kier molecular flexibility index (Phi) is 6.45. The molecule has 2 heterocycles. The number of anilines is 1. The van der Waals surface area contributed by atoms with Crippen LogP contribution in [0.4, 0.5) is 5.69 Å². The van der Waals surface area contributed by atoms with E-state index >= 15 is 0 Å². The van der Waals surface area contributed by atoms with Gasteiger partial charge >= 0.3 is 0 Å². The van der Waals surface area contributed by atoms with E-state index in [-0.39, 0.29) is 6.04 Å². The third-order valence-electron chi connectivity index (χ3n) is 6.03. The van der Waals surface area contributed by atoms with Crippen molar-refractivity contribution in [2.45, 2.75) is 43.0 Å². The second-order valence-electron chi connectivity index (χ2n) is 8.94. The second kappa shape index (κ2) is 8.98. The summed E-state index contributed by atoms with van der Waals surface area (Å²) in [5.74, 6) is 0. The topological polar surface area (TPSA) is 60.9 Å². The molecule has 0 spiro atoms. The van der Waals surface area contributed by atoms with Crippen LogP contribution in [0, 0.1) is 6.92 Å². The number of hydrogen-bond donors (Lipinski definition) is 1. The van der Waals surface area contributed by atoms with Gasteiger partial charge in [0.05, 0.1) is 5.60 Å². The number of benzene rings is 2. The summed E-state index contributed by atoms with van der Waals surface area (Å²) in [4.78, 5) is 2.30. The van der Waals surface area contributed by atoms with Crippen LogP contribution in [0.15, 0.2) is 70.3 Å². The molecule has 1 saturated heterocycles. The van der Waals surface area contributed by atoms with Crippen molar-refractivity contribution in [2.75, 3.05) is 24.5 Å². The highest BCUT2D eigenvalue weighted by Crippen LogP contribution is 2.29. The Labute approximate surface area is 195 Å². The molecule has 2 aromatic carbocycles. The van der Waals surface area contributed by atoms with Crippen LogP contribution >= 0.6 is 11.3 Å². The van der Waals surface area contributed by atoms with E-state index in [1.54, 1.807) is 35.7 Å². The Bertz CT molecular complexity index is 1130. The number of hydrogen-bond acceptors (Lipinski definition) is 5. The maximum atomic E-state index is 13.2. The summed E-state index contributed by atoms with van der Waals surface area (Å²) >= 11 is 1.26. The van der Waals surface area contributed by atoms with Crippen LogP contribution in [0.1, 0.15) is 30.5 Å². The summed E-state index contributed by atoms with van der Waals surface area (Å²) in [7, 11) is -3.49. The van der Waals surface area contributed by atoms with Gasteiger partial charge in [0.15, 0.2) is 0 Å². The fourth-order valence-corrected chi connectivity index (χ4v) is 6.77. The largest absolute Gasteiger partial charge is 0.386 e. The predicted octanol–water partition coefficient (Wildman–Crippen LogP) is 4.41. The molecule has 1 aliphatic heterocycles. The summed E-state index contributed by atoms with van der Waals surface area (Å²) < 4.78 is 28.4. The van der Waals surface area contributed by atoms with E-state index < -0.39 is 15.6 Å². The fraction of sp³-hybridized carbons (Fsp3) is 0.360. The average Bonchev–Trinajstić information content (AvgIpc) is 3.31. The maximum absolute atomic E-state index is 13.2. The Balaban J connectivity index is 1.62. The minimum atomic E-state index is -3.49. The molecule has 1 atom stereocenters. The third-order valence-corrected chi connectivity index (χ3v) is 9.27. The van der Waals surface area contributed by atoms with Crippen LogP contribution in [-0.4, -0.2) is 43.5 Å². The number of thiophene rings is 1. The smallest absolute Gasteiger partial charge is 0.252 e. The lowest BCUT2D eigenvalue weighted by Crippen LogP contribution is -2.55. The van der Waals surface area contributed by atoms with Gasteiger partial charge in [0, 0.05) is 31.4 Å². The van der Waals surface area contributed by atoms with E-state index in [0.717, 1.165) is 17.7 Å². The highest BCUT2D eigenvalue weighted by atomic mass is 32.2. The highest BCUT2D eigenvalue weighted by Gasteiger charge is 2.35. The van der Waals surface area contributed by atoms with E-state index in [1.807, 2.05) is 24.3 Å². The van der Waals surface area contributed by atoms with Gasteiger partial charge in [-0.2, -0.15) is 4.31 Å². The molecule has 3 aromatic rings. The van der Waals surface area contributed by atoms with Gasteiger partial charge < -0.3 is 10.0 Å². The Hall–Kier alpha value is -2.19. The molecular weight excluding hydrogens is 440 g/mol. The zero-order valence-electron chi connectivity index (χ0n) is 18.7. The lowest BCUT2D eigenvalue weighted by Gasteiger charge is -2.42. The summed E-state index contributed by atoms with van der Waals surface area (Å²) in [5, 5.41) is 12.1. The maximum Gasteiger partial charge on any atom is 0.252 e. The predicted molar refractivity (Wildman–Crippen MR) is 131 cm³/mol. The summed E-state index contributed by atoms with van der Waals surface area (Å²) in [6.07, 6.45) is 0.754. The second-order valence-corrected chi connectivity index (χ2v) is 12.1. The molecule has 5 nitrogen and oxygen atoms in total. The summed E-state index contributed by atoms with van der Waals surface area (Å²) in [6, 6.07) is 19.9. The molecule has 0 unspecified atom stereocenters. The zero-order valence-corrected chi connectivity index (χ0v) is 20.4. The number of aliphatic hydroxyl groups is 1. The van der Waals surface area contributed by atoms with Gasteiger partial charge in [-0.25, -0.2) is 8.42 Å². The van der Waals surface area contributed by atoms with Gasteiger partial charge in [-0.05, 0) is 61.9 Å². The first-order valence-electron chi connectivity index (χ1n) is 10.8. The average molecular weight is 471 g/mol. The number of rotatable bonds is 6. The zero-order chi connectivity index (χ0) is 22.9. The van der Waals surface area contributed by atoms with Gasteiger partial charge in [-0.1, -0.05) is 48.0 Å². The molecule has 0 aliphatic carbocycles. The molecule has 0 saturated carbocycles. The van der Waals surface area contributed by atoms with Gasteiger partial charge in [0.2, 0.25) is 0 Å². The quantitative estimate of drug-likeness (QED) is 0.580. The van der Waals surface area contributed by atoms with E-state index in [9.17, 15) is 13.5 Å². The Morgan fingerprint density at radius 2 is 1.72 bits per heavy atom. The van der Waals surface area contributed by atoms with Crippen molar-refractivity contribution in [1.29, 1.82) is 0 Å². The minimum absolute atomic E-state index is 0.00850. The van der Waals surface area contributed by atoms with Gasteiger partial charge in [0.1, 0.15) is 4.21 Å². The minimum Gasteiger partial charge on any atom is -0.386 e. The third kappa shape index (κ3) is 4.91. The normalized spacial score (nSPS) is 18.1. The van der Waals surface area contributed by atoms with Crippen molar-refractivity contribution in [3.05, 3.63) is 82.7 Å². The SMILES string of the molecule is Cc1ccc(C[C@@H]2CN(S(=O)(=O)c3cccs3)CCN2c2ccc(C(C)(C)O)cc2)cc1. The molecule has 1 aromatic heterocycles. The summed E-state index contributed by atoms with van der Waals surface area (Å²) in [5.41, 5.74) is 3.40. The first-order chi connectivity index (χ1) is 15.1. The molecule has 0 bridgehead atoms. The molecule has 0 amide bonds. The van der Waals surface area contributed by atoms with Crippen molar-refractivity contribution >= 4 is 27.0 Å². The number of nitrogens with zero attached hydrogens (tertiary/aromatic N) is 2. The van der Waals surface area contributed by atoms with Gasteiger partial charge in [-0.15, -0.1) is 11.3 Å². The monoisotopic (exact) mass is 470 g/mol. The summed E-state index contributed by atoms with van der Waals surface area (Å²) in [6.45, 7) is 7.10. The molecule has 1 fully saturated rings. The van der Waals surface area contributed by atoms with Crippen molar-refractivity contribution in [3.8, 4) is 0 Å². The fourth-order valence-electron chi connectivity index (χ4n) is 4.15. The van der Waals surface area contributed by atoms with Crippen LogP contribution in [-0.2, 0) is 22.0 Å². The van der Waals surface area contributed by atoms with Crippen molar-refractivity contribution in [3.63, 3.8) is 0 Å². The number of sulfonamides is 1. The molecule has 1 N–H and O–H groups in total. The molecule has 7 heteroatoms. The van der Waals surface area contributed by atoms with Crippen LogP contribution < -0.4 is 4.90 Å².